The van der Waals surface area contributed by atoms with Crippen LogP contribution >= 0.6 is 0 Å². The molecule has 53 heavy (non-hydrogen) atoms. The number of benzene rings is 2. The predicted molar refractivity (Wildman–Crippen MR) is 213 cm³/mol. The zero-order valence-electron chi connectivity index (χ0n) is 33.5. The van der Waals surface area contributed by atoms with Gasteiger partial charge in [0, 0.05) is 56.1 Å². The second-order valence-electron chi connectivity index (χ2n) is 18.4. The van der Waals surface area contributed by atoms with Crippen molar-refractivity contribution in [3.63, 3.8) is 0 Å². The number of hydrogen-bond donors (Lipinski definition) is 2. The number of fused-ring (bicyclic) bond motifs is 1. The Morgan fingerprint density at radius 1 is 0.868 bits per heavy atom. The number of halogens is 1. The molecule has 2 aromatic carbocycles. The zero-order valence-corrected chi connectivity index (χ0v) is 33.5. The van der Waals surface area contributed by atoms with E-state index in [9.17, 15) is 14.3 Å². The molecule has 2 N–H and O–H groups in total. The summed E-state index contributed by atoms with van der Waals surface area (Å²) >= 11 is 0. The molecule has 8 heteroatoms. The van der Waals surface area contributed by atoms with Crippen LogP contribution in [0.2, 0.25) is 0 Å². The molecule has 0 atom stereocenters. The fourth-order valence-corrected chi connectivity index (χ4v) is 8.80. The average Bonchev–Trinajstić information content (AvgIpc) is 3.06. The standard InChI is InChI=1S/C41H53FN4O2.C4H10O/c1-28-22-34(42)9-8-32(28)25-45-17-10-30-23-31(6-7-33(30)26-45)38-36(27-44-18-15-41(16-19-44)11-5-12-41)43-29(2)35(24-37(47)48)39(38)46-20-13-40(3,4)14-21-46;1-4(2,3)5/h6-9,22-23H,5,10-21,24-27H2,1-4H3,(H,47,48);5H,1-3H3. The predicted octanol–water partition coefficient (Wildman–Crippen LogP) is 8.86. The van der Waals surface area contributed by atoms with Crippen molar-refractivity contribution in [2.45, 2.75) is 131 Å². The van der Waals surface area contributed by atoms with Crippen molar-refractivity contribution in [1.29, 1.82) is 0 Å². The summed E-state index contributed by atoms with van der Waals surface area (Å²) in [7, 11) is 0. The number of aliphatic hydroxyl groups is 1. The van der Waals surface area contributed by atoms with Crippen molar-refractivity contribution in [3.05, 3.63) is 81.4 Å². The smallest absolute Gasteiger partial charge is 0.307 e. The van der Waals surface area contributed by atoms with E-state index in [4.69, 9.17) is 10.1 Å². The summed E-state index contributed by atoms with van der Waals surface area (Å²) < 4.78 is 13.7. The van der Waals surface area contributed by atoms with Crippen LogP contribution in [0.5, 0.6) is 0 Å². The van der Waals surface area contributed by atoms with Gasteiger partial charge in [-0.05, 0) is 143 Å². The molecule has 0 amide bonds. The highest BCUT2D eigenvalue weighted by Crippen LogP contribution is 2.49. The molecule has 1 aromatic heterocycles. The molecular formula is C45H63FN4O3. The Morgan fingerprint density at radius 3 is 2.15 bits per heavy atom. The maximum atomic E-state index is 13.7. The lowest BCUT2D eigenvalue weighted by Gasteiger charge is -2.48. The van der Waals surface area contributed by atoms with E-state index in [1.54, 1.807) is 32.9 Å². The minimum Gasteiger partial charge on any atom is -0.481 e. The van der Waals surface area contributed by atoms with Crippen LogP contribution in [0.25, 0.3) is 11.1 Å². The maximum absolute atomic E-state index is 13.7. The van der Waals surface area contributed by atoms with Gasteiger partial charge in [-0.15, -0.1) is 0 Å². The van der Waals surface area contributed by atoms with Gasteiger partial charge in [0.25, 0.3) is 0 Å². The highest BCUT2D eigenvalue weighted by Gasteiger charge is 2.40. The van der Waals surface area contributed by atoms with Gasteiger partial charge in [0.2, 0.25) is 0 Å². The monoisotopic (exact) mass is 726 g/mol. The van der Waals surface area contributed by atoms with E-state index in [1.165, 1.54) is 48.8 Å². The summed E-state index contributed by atoms with van der Waals surface area (Å²) in [5.74, 6) is -0.986. The number of hydrogen-bond acceptors (Lipinski definition) is 6. The molecule has 4 aliphatic rings. The molecule has 7 nitrogen and oxygen atoms in total. The third-order valence-corrected chi connectivity index (χ3v) is 12.3. The van der Waals surface area contributed by atoms with Crippen molar-refractivity contribution < 1.29 is 19.4 Å². The Morgan fingerprint density at radius 2 is 1.55 bits per heavy atom. The van der Waals surface area contributed by atoms with Crippen molar-refractivity contribution in [2.75, 3.05) is 37.6 Å². The number of aromatic nitrogens is 1. The van der Waals surface area contributed by atoms with E-state index in [2.05, 4.69) is 46.7 Å². The largest absolute Gasteiger partial charge is 0.481 e. The quantitative estimate of drug-likeness (QED) is 0.240. The summed E-state index contributed by atoms with van der Waals surface area (Å²) in [6.07, 6.45) is 9.80. The van der Waals surface area contributed by atoms with Crippen LogP contribution in [0.15, 0.2) is 36.4 Å². The van der Waals surface area contributed by atoms with Crippen molar-refractivity contribution >= 4 is 11.7 Å². The minimum absolute atomic E-state index is 0.0176. The van der Waals surface area contributed by atoms with Crippen LogP contribution in [-0.4, -0.2) is 69.3 Å². The number of likely N-dealkylation sites (tertiary alicyclic amines) is 1. The first-order chi connectivity index (χ1) is 25.0. The molecule has 1 spiro atoms. The second kappa shape index (κ2) is 15.8. The van der Waals surface area contributed by atoms with E-state index >= 15 is 0 Å². The first kappa shape index (κ1) is 39.4. The van der Waals surface area contributed by atoms with Gasteiger partial charge < -0.3 is 15.1 Å². The third kappa shape index (κ3) is 9.86. The number of rotatable bonds is 8. The molecule has 3 aromatic rings. The fourth-order valence-electron chi connectivity index (χ4n) is 8.80. The molecule has 3 aliphatic heterocycles. The lowest BCUT2D eigenvalue weighted by molar-refractivity contribution is -0.136. The van der Waals surface area contributed by atoms with Crippen LogP contribution < -0.4 is 4.90 Å². The van der Waals surface area contributed by atoms with Crippen LogP contribution in [0.1, 0.15) is 119 Å². The molecule has 1 saturated carbocycles. The van der Waals surface area contributed by atoms with Crippen molar-refractivity contribution in [2.24, 2.45) is 10.8 Å². The van der Waals surface area contributed by atoms with Crippen LogP contribution in [0.4, 0.5) is 10.1 Å². The average molecular weight is 727 g/mol. The molecule has 4 heterocycles. The topological polar surface area (TPSA) is 80.1 Å². The van der Waals surface area contributed by atoms with Crippen LogP contribution in [-0.2, 0) is 37.3 Å². The highest BCUT2D eigenvalue weighted by molar-refractivity contribution is 5.87. The van der Waals surface area contributed by atoms with Gasteiger partial charge in [-0.1, -0.05) is 44.5 Å². The summed E-state index contributed by atoms with van der Waals surface area (Å²) in [5.41, 5.74) is 11.5. The van der Waals surface area contributed by atoms with Gasteiger partial charge >= 0.3 is 5.97 Å². The molecule has 1 aliphatic carbocycles. The van der Waals surface area contributed by atoms with Crippen molar-refractivity contribution in [1.82, 2.24) is 14.8 Å². The number of aliphatic carboxylic acids is 1. The normalized spacial score (nSPS) is 20.0. The Labute approximate surface area is 317 Å². The zero-order chi connectivity index (χ0) is 38.1. The van der Waals surface area contributed by atoms with E-state index in [0.717, 1.165) is 111 Å². The van der Waals surface area contributed by atoms with Gasteiger partial charge in [-0.25, -0.2) is 4.39 Å². The fraction of sp³-hybridized carbons (Fsp3) is 0.600. The van der Waals surface area contributed by atoms with E-state index in [0.29, 0.717) is 5.41 Å². The number of pyridine rings is 1. The molecule has 0 bridgehead atoms. The SMILES string of the molecule is CC(C)(C)O.Cc1cc(F)ccc1CN1CCc2cc(-c3c(CN4CCC5(CCC5)CC4)nc(C)c(CC(=O)O)c3N3CCC(C)(C)CC3)ccc2C1. The Balaban J connectivity index is 0.000000902. The molecular weight excluding hydrogens is 664 g/mol. The maximum Gasteiger partial charge on any atom is 0.307 e. The van der Waals surface area contributed by atoms with Gasteiger partial charge in [-0.2, -0.15) is 0 Å². The number of carbonyl (C=O) groups is 1. The van der Waals surface area contributed by atoms with Gasteiger partial charge in [0.15, 0.2) is 0 Å². The molecule has 7 rings (SSSR count). The number of piperidine rings is 2. The number of aryl methyl sites for hydroxylation is 2. The summed E-state index contributed by atoms with van der Waals surface area (Å²) in [6, 6.07) is 12.0. The molecule has 288 valence electrons. The third-order valence-electron chi connectivity index (χ3n) is 12.3. The minimum atomic E-state index is -0.805. The Kier molecular flexibility index (Phi) is 11.7. The summed E-state index contributed by atoms with van der Waals surface area (Å²) in [5, 5.41) is 18.6. The second-order valence-corrected chi connectivity index (χ2v) is 18.4. The lowest BCUT2D eigenvalue weighted by atomic mass is 9.63. The summed E-state index contributed by atoms with van der Waals surface area (Å²) in [6.45, 7) is 21.4. The van der Waals surface area contributed by atoms with Gasteiger partial charge in [0.05, 0.1) is 23.4 Å². The molecule has 2 saturated heterocycles. The van der Waals surface area contributed by atoms with E-state index < -0.39 is 11.6 Å². The van der Waals surface area contributed by atoms with Crippen molar-refractivity contribution in [3.8, 4) is 11.1 Å². The molecule has 3 fully saturated rings. The van der Waals surface area contributed by atoms with Gasteiger partial charge in [0.1, 0.15) is 5.82 Å². The number of carboxylic acids is 1. The van der Waals surface area contributed by atoms with E-state index in [1.807, 2.05) is 19.9 Å². The van der Waals surface area contributed by atoms with Crippen LogP contribution in [0.3, 0.4) is 0 Å². The first-order valence-electron chi connectivity index (χ1n) is 20.0. The van der Waals surface area contributed by atoms with E-state index in [-0.39, 0.29) is 17.7 Å². The number of carboxylic acid groups (broad SMARTS) is 1. The summed E-state index contributed by atoms with van der Waals surface area (Å²) in [4.78, 5) is 25.1. The lowest BCUT2D eigenvalue weighted by Crippen LogP contribution is -2.43. The molecule has 0 radical (unpaired) electrons. The highest BCUT2D eigenvalue weighted by atomic mass is 19.1. The number of nitrogens with zero attached hydrogens (tertiary/aromatic N) is 4. The van der Waals surface area contributed by atoms with Crippen LogP contribution in [0, 0.1) is 30.5 Å². The molecule has 0 unspecified atom stereocenters. The number of anilines is 1. The Bertz CT molecular complexity index is 1770. The Hall–Kier alpha value is -3.33. The van der Waals surface area contributed by atoms with Gasteiger partial charge in [-0.3, -0.25) is 19.6 Å². The first-order valence-corrected chi connectivity index (χ1v) is 20.0.